The number of carbonyl (C=O) groups excluding carboxylic acids is 1. The third-order valence-electron chi connectivity index (χ3n) is 4.29. The molecule has 0 amide bonds. The summed E-state index contributed by atoms with van der Waals surface area (Å²) in [7, 11) is 0. The van der Waals surface area contributed by atoms with Crippen molar-refractivity contribution in [2.24, 2.45) is 5.92 Å². The highest BCUT2D eigenvalue weighted by molar-refractivity contribution is 5.79. The molecule has 2 aromatic carbocycles. The Morgan fingerprint density at radius 3 is 2.54 bits per heavy atom. The zero-order valence-corrected chi connectivity index (χ0v) is 13.8. The van der Waals surface area contributed by atoms with Crippen LogP contribution < -0.4 is 9.47 Å². The van der Waals surface area contributed by atoms with Gasteiger partial charge in [-0.1, -0.05) is 18.2 Å². The first-order chi connectivity index (χ1) is 12.7. The van der Waals surface area contributed by atoms with E-state index >= 15 is 0 Å². The van der Waals surface area contributed by atoms with Crippen LogP contribution in [0.3, 0.4) is 0 Å². The van der Waals surface area contributed by atoms with Gasteiger partial charge in [0.05, 0.1) is 12.1 Å². The topological polar surface area (TPSA) is 48.4 Å². The van der Waals surface area contributed by atoms with Crippen LogP contribution in [0.15, 0.2) is 73.1 Å². The predicted molar refractivity (Wildman–Crippen MR) is 93.6 cm³/mol. The SMILES string of the molecule is O=C(Oc1cccc(Oc2cccnc2)c1)[C@H]1C[C@H]1c1ccc(F)cc1. The van der Waals surface area contributed by atoms with E-state index in [1.54, 1.807) is 60.9 Å². The van der Waals surface area contributed by atoms with Crippen molar-refractivity contribution in [1.82, 2.24) is 4.98 Å². The molecule has 0 saturated heterocycles. The highest BCUT2D eigenvalue weighted by atomic mass is 19.1. The molecule has 5 heteroatoms. The summed E-state index contributed by atoms with van der Waals surface area (Å²) in [6.45, 7) is 0. The maximum absolute atomic E-state index is 13.0. The van der Waals surface area contributed by atoms with Crippen LogP contribution >= 0.6 is 0 Å². The third-order valence-corrected chi connectivity index (χ3v) is 4.29. The number of hydrogen-bond acceptors (Lipinski definition) is 4. The second kappa shape index (κ2) is 6.96. The van der Waals surface area contributed by atoms with Gasteiger partial charge in [-0.2, -0.15) is 0 Å². The van der Waals surface area contributed by atoms with E-state index < -0.39 is 0 Å². The number of pyridine rings is 1. The minimum Gasteiger partial charge on any atom is -0.456 e. The molecule has 1 saturated carbocycles. The van der Waals surface area contributed by atoms with Crippen molar-refractivity contribution in [3.8, 4) is 17.2 Å². The van der Waals surface area contributed by atoms with E-state index in [0.29, 0.717) is 17.2 Å². The Labute approximate surface area is 150 Å². The minimum atomic E-state index is -0.280. The zero-order valence-electron chi connectivity index (χ0n) is 13.8. The Morgan fingerprint density at radius 2 is 1.77 bits per heavy atom. The lowest BCUT2D eigenvalue weighted by Gasteiger charge is -2.08. The standard InChI is InChI=1S/C21H16FNO3/c22-15-8-6-14(7-9-15)19-12-20(19)21(24)26-17-4-1-3-16(11-17)25-18-5-2-10-23-13-18/h1-11,13,19-20H,12H2/t19-,20-/m0/s1. The maximum Gasteiger partial charge on any atom is 0.314 e. The van der Waals surface area contributed by atoms with Crippen molar-refractivity contribution in [2.75, 3.05) is 0 Å². The molecule has 4 rings (SSSR count). The summed E-state index contributed by atoms with van der Waals surface area (Å²) >= 11 is 0. The quantitative estimate of drug-likeness (QED) is 0.494. The van der Waals surface area contributed by atoms with Crippen LogP contribution in [0.2, 0.25) is 0 Å². The Morgan fingerprint density at radius 1 is 1.00 bits per heavy atom. The first kappa shape index (κ1) is 16.3. The lowest BCUT2D eigenvalue weighted by atomic mass is 10.1. The molecule has 1 fully saturated rings. The molecule has 4 nitrogen and oxygen atoms in total. The van der Waals surface area contributed by atoms with Crippen molar-refractivity contribution in [1.29, 1.82) is 0 Å². The van der Waals surface area contributed by atoms with Gasteiger partial charge >= 0.3 is 5.97 Å². The lowest BCUT2D eigenvalue weighted by Crippen LogP contribution is -2.11. The Kier molecular flexibility index (Phi) is 4.35. The summed E-state index contributed by atoms with van der Waals surface area (Å²) in [4.78, 5) is 16.3. The number of carbonyl (C=O) groups is 1. The van der Waals surface area contributed by atoms with Gasteiger partial charge in [-0.3, -0.25) is 9.78 Å². The summed E-state index contributed by atoms with van der Waals surface area (Å²) < 4.78 is 24.2. The number of benzene rings is 2. The molecule has 1 aliphatic rings. The number of hydrogen-bond donors (Lipinski definition) is 0. The Balaban J connectivity index is 1.39. The van der Waals surface area contributed by atoms with Gasteiger partial charge in [0, 0.05) is 12.3 Å². The Hall–Kier alpha value is -3.21. The zero-order chi connectivity index (χ0) is 17.9. The van der Waals surface area contributed by atoms with Crippen LogP contribution in [0.4, 0.5) is 4.39 Å². The highest BCUT2D eigenvalue weighted by Gasteiger charge is 2.45. The van der Waals surface area contributed by atoms with Crippen molar-refractivity contribution in [3.05, 3.63) is 84.4 Å². The summed E-state index contributed by atoms with van der Waals surface area (Å²) in [5.74, 6) is 0.947. The van der Waals surface area contributed by atoms with Crippen molar-refractivity contribution < 1.29 is 18.7 Å². The van der Waals surface area contributed by atoms with Crippen LogP contribution in [0.25, 0.3) is 0 Å². The van der Waals surface area contributed by atoms with E-state index in [9.17, 15) is 9.18 Å². The molecular formula is C21H16FNO3. The van der Waals surface area contributed by atoms with Gasteiger partial charge in [0.25, 0.3) is 0 Å². The molecule has 26 heavy (non-hydrogen) atoms. The summed E-state index contributed by atoms with van der Waals surface area (Å²) in [5.41, 5.74) is 0.960. The van der Waals surface area contributed by atoms with Gasteiger partial charge in [-0.05, 0) is 54.3 Å². The molecule has 0 N–H and O–H groups in total. The molecule has 0 bridgehead atoms. The number of aromatic nitrogens is 1. The van der Waals surface area contributed by atoms with Crippen LogP contribution in [0.5, 0.6) is 17.2 Å². The van der Waals surface area contributed by atoms with Crippen LogP contribution in [-0.4, -0.2) is 11.0 Å². The van der Waals surface area contributed by atoms with Crippen LogP contribution in [-0.2, 0) is 4.79 Å². The van der Waals surface area contributed by atoms with E-state index in [1.807, 2.05) is 0 Å². The summed E-state index contributed by atoms with van der Waals surface area (Å²) in [6, 6.07) is 16.8. The average Bonchev–Trinajstić information content (AvgIpc) is 3.44. The third kappa shape index (κ3) is 3.72. The lowest BCUT2D eigenvalue weighted by molar-refractivity contribution is -0.135. The predicted octanol–water partition coefficient (Wildman–Crippen LogP) is 4.72. The number of halogens is 1. The molecule has 2 atom stereocenters. The van der Waals surface area contributed by atoms with Gasteiger partial charge in [0.1, 0.15) is 23.1 Å². The first-order valence-electron chi connectivity index (χ1n) is 8.34. The van der Waals surface area contributed by atoms with Crippen molar-refractivity contribution in [2.45, 2.75) is 12.3 Å². The fourth-order valence-electron chi connectivity index (χ4n) is 2.87. The minimum absolute atomic E-state index is 0.0953. The molecule has 1 aromatic heterocycles. The molecule has 0 unspecified atom stereocenters. The van der Waals surface area contributed by atoms with Crippen molar-refractivity contribution in [3.63, 3.8) is 0 Å². The van der Waals surface area contributed by atoms with Gasteiger partial charge in [-0.25, -0.2) is 4.39 Å². The second-order valence-electron chi connectivity index (χ2n) is 6.19. The van der Waals surface area contributed by atoms with Crippen LogP contribution in [0.1, 0.15) is 17.9 Å². The number of nitrogens with zero attached hydrogens (tertiary/aromatic N) is 1. The van der Waals surface area contributed by atoms with Gasteiger partial charge in [0.15, 0.2) is 0 Å². The Bertz CT molecular complexity index is 912. The van der Waals surface area contributed by atoms with Crippen LogP contribution in [0, 0.1) is 11.7 Å². The van der Waals surface area contributed by atoms with Crippen molar-refractivity contribution >= 4 is 5.97 Å². The number of esters is 1. The average molecular weight is 349 g/mol. The summed E-state index contributed by atoms with van der Waals surface area (Å²) in [6.07, 6.45) is 3.99. The van der Waals surface area contributed by atoms with Gasteiger partial charge < -0.3 is 9.47 Å². The molecular weight excluding hydrogens is 333 g/mol. The van der Waals surface area contributed by atoms with E-state index in [1.165, 1.54) is 12.1 Å². The van der Waals surface area contributed by atoms with E-state index in [-0.39, 0.29) is 23.6 Å². The smallest absolute Gasteiger partial charge is 0.314 e. The number of rotatable bonds is 5. The molecule has 0 spiro atoms. The van der Waals surface area contributed by atoms with E-state index in [2.05, 4.69) is 4.98 Å². The highest BCUT2D eigenvalue weighted by Crippen LogP contribution is 2.48. The molecule has 3 aromatic rings. The molecule has 130 valence electrons. The fraction of sp³-hybridized carbons (Fsp3) is 0.143. The fourth-order valence-corrected chi connectivity index (χ4v) is 2.87. The second-order valence-corrected chi connectivity index (χ2v) is 6.19. The normalized spacial score (nSPS) is 18.2. The molecule has 1 heterocycles. The monoisotopic (exact) mass is 349 g/mol. The van der Waals surface area contributed by atoms with Gasteiger partial charge in [0.2, 0.25) is 0 Å². The number of ether oxygens (including phenoxy) is 2. The van der Waals surface area contributed by atoms with E-state index in [4.69, 9.17) is 9.47 Å². The maximum atomic E-state index is 13.0. The molecule has 1 aliphatic carbocycles. The molecule has 0 aliphatic heterocycles. The summed E-state index contributed by atoms with van der Waals surface area (Å²) in [5, 5.41) is 0. The van der Waals surface area contributed by atoms with E-state index in [0.717, 1.165) is 12.0 Å². The molecule has 0 radical (unpaired) electrons. The van der Waals surface area contributed by atoms with Gasteiger partial charge in [-0.15, -0.1) is 0 Å². The largest absolute Gasteiger partial charge is 0.456 e. The first-order valence-corrected chi connectivity index (χ1v) is 8.34.